The average molecular weight is 372 g/mol. The molecule has 6 nitrogen and oxygen atoms in total. The molecule has 1 N–H and O–H groups in total. The number of hydrogen-bond donors (Lipinski definition) is 1. The summed E-state index contributed by atoms with van der Waals surface area (Å²) in [7, 11) is 3.16. The van der Waals surface area contributed by atoms with Gasteiger partial charge in [0, 0.05) is 27.9 Å². The zero-order chi connectivity index (χ0) is 18.7. The van der Waals surface area contributed by atoms with Gasteiger partial charge in [0.05, 0.1) is 19.6 Å². The molecule has 0 aliphatic heterocycles. The summed E-state index contributed by atoms with van der Waals surface area (Å²) in [4.78, 5) is 25.9. The number of pyridine rings is 1. The van der Waals surface area contributed by atoms with Gasteiger partial charge in [0.2, 0.25) is 5.91 Å². The number of thiophene rings is 1. The Morgan fingerprint density at radius 3 is 2.73 bits per heavy atom. The third-order valence-corrected chi connectivity index (χ3v) is 5.07. The minimum absolute atomic E-state index is 0.0318. The van der Waals surface area contributed by atoms with Gasteiger partial charge in [-0.1, -0.05) is 0 Å². The zero-order valence-electron chi connectivity index (χ0n) is 14.9. The fourth-order valence-electron chi connectivity index (χ4n) is 2.75. The first-order valence-corrected chi connectivity index (χ1v) is 8.90. The molecule has 0 fully saturated rings. The number of carbonyl (C=O) groups is 1. The third kappa shape index (κ3) is 3.72. The first-order valence-electron chi connectivity index (χ1n) is 8.09. The van der Waals surface area contributed by atoms with Crippen LogP contribution in [0.25, 0.3) is 10.1 Å². The topological polar surface area (TPSA) is 69.6 Å². The van der Waals surface area contributed by atoms with Crippen molar-refractivity contribution < 1.29 is 14.3 Å². The van der Waals surface area contributed by atoms with Gasteiger partial charge in [-0.2, -0.15) is 0 Å². The third-order valence-electron chi connectivity index (χ3n) is 4.06. The second kappa shape index (κ2) is 7.61. The summed E-state index contributed by atoms with van der Waals surface area (Å²) in [5.41, 5.74) is 0.650. The number of ether oxygens (including phenoxy) is 2. The van der Waals surface area contributed by atoms with E-state index in [0.29, 0.717) is 16.9 Å². The number of nitrogens with zero attached hydrogens (tertiary/aromatic N) is 1. The predicted octanol–water partition coefficient (Wildman–Crippen LogP) is 2.71. The number of carbonyl (C=O) groups excluding carboxylic acids is 1. The van der Waals surface area contributed by atoms with Crippen LogP contribution in [0.1, 0.15) is 10.4 Å². The van der Waals surface area contributed by atoms with Crippen LogP contribution in [-0.2, 0) is 17.9 Å². The first-order chi connectivity index (χ1) is 12.5. The summed E-state index contributed by atoms with van der Waals surface area (Å²) in [5, 5.41) is 3.47. The highest BCUT2D eigenvalue weighted by Crippen LogP contribution is 2.24. The number of aromatic nitrogens is 1. The first kappa shape index (κ1) is 18.0. The molecule has 2 heterocycles. The van der Waals surface area contributed by atoms with E-state index >= 15 is 0 Å². The Kier molecular flexibility index (Phi) is 5.27. The summed E-state index contributed by atoms with van der Waals surface area (Å²) < 4.78 is 12.9. The Balaban J connectivity index is 1.72. The fourth-order valence-corrected chi connectivity index (χ4v) is 3.66. The van der Waals surface area contributed by atoms with E-state index in [0.717, 1.165) is 15.1 Å². The molecule has 0 saturated heterocycles. The van der Waals surface area contributed by atoms with Gasteiger partial charge in [0.1, 0.15) is 18.0 Å². The molecule has 3 rings (SSSR count). The lowest BCUT2D eigenvalue weighted by atomic mass is 10.2. The van der Waals surface area contributed by atoms with E-state index in [-0.39, 0.29) is 24.6 Å². The second-order valence-electron chi connectivity index (χ2n) is 5.84. The number of benzene rings is 1. The molecular formula is C19H20N2O4S. The summed E-state index contributed by atoms with van der Waals surface area (Å²) in [6.07, 6.45) is 1.66. The molecule has 0 saturated carbocycles. The van der Waals surface area contributed by atoms with Crippen molar-refractivity contribution >= 4 is 27.3 Å². The van der Waals surface area contributed by atoms with Gasteiger partial charge in [0.25, 0.3) is 5.56 Å². The Morgan fingerprint density at radius 2 is 2.00 bits per heavy atom. The largest absolute Gasteiger partial charge is 0.497 e. The van der Waals surface area contributed by atoms with Crippen LogP contribution in [0.15, 0.2) is 41.3 Å². The maximum atomic E-state index is 12.5. The number of fused-ring (bicyclic) bond motifs is 1. The Morgan fingerprint density at radius 1 is 1.19 bits per heavy atom. The number of nitrogens with one attached hydrogen (secondary N) is 1. The van der Waals surface area contributed by atoms with Gasteiger partial charge in [-0.05, 0) is 37.3 Å². The highest BCUT2D eigenvalue weighted by atomic mass is 32.1. The van der Waals surface area contributed by atoms with Crippen LogP contribution in [-0.4, -0.2) is 24.7 Å². The van der Waals surface area contributed by atoms with Crippen LogP contribution in [0.3, 0.4) is 0 Å². The highest BCUT2D eigenvalue weighted by Gasteiger charge is 2.11. The number of amides is 1. The zero-order valence-corrected chi connectivity index (χ0v) is 15.7. The van der Waals surface area contributed by atoms with Crippen molar-refractivity contribution in [2.24, 2.45) is 0 Å². The van der Waals surface area contributed by atoms with Gasteiger partial charge >= 0.3 is 0 Å². The molecule has 1 aromatic carbocycles. The molecule has 1 amide bonds. The molecule has 0 spiro atoms. The lowest BCUT2D eigenvalue weighted by Crippen LogP contribution is -2.31. The van der Waals surface area contributed by atoms with E-state index in [1.54, 1.807) is 43.9 Å². The van der Waals surface area contributed by atoms with Crippen molar-refractivity contribution in [1.29, 1.82) is 0 Å². The second-order valence-corrected chi connectivity index (χ2v) is 7.13. The number of aryl methyl sites for hydroxylation is 1. The van der Waals surface area contributed by atoms with E-state index in [9.17, 15) is 9.59 Å². The molecule has 7 heteroatoms. The molecular weight excluding hydrogens is 352 g/mol. The summed E-state index contributed by atoms with van der Waals surface area (Å²) >= 11 is 1.57. The van der Waals surface area contributed by atoms with Crippen molar-refractivity contribution in [1.82, 2.24) is 9.88 Å². The van der Waals surface area contributed by atoms with Gasteiger partial charge in [-0.25, -0.2) is 0 Å². The van der Waals surface area contributed by atoms with Crippen molar-refractivity contribution in [2.45, 2.75) is 20.0 Å². The Bertz CT molecular complexity index is 1010. The van der Waals surface area contributed by atoms with E-state index in [1.807, 2.05) is 25.1 Å². The number of methoxy groups -OCH3 is 2. The van der Waals surface area contributed by atoms with Crippen LogP contribution in [0.2, 0.25) is 0 Å². The molecule has 3 aromatic rings. The van der Waals surface area contributed by atoms with Gasteiger partial charge < -0.3 is 19.4 Å². The molecule has 136 valence electrons. The summed E-state index contributed by atoms with van der Waals surface area (Å²) in [5.74, 6) is 1.10. The van der Waals surface area contributed by atoms with Gasteiger partial charge in [-0.15, -0.1) is 11.3 Å². The van der Waals surface area contributed by atoms with Crippen LogP contribution in [0.5, 0.6) is 11.5 Å². The molecule has 0 aliphatic rings. The van der Waals surface area contributed by atoms with Crippen LogP contribution >= 0.6 is 11.3 Å². The van der Waals surface area contributed by atoms with E-state index in [4.69, 9.17) is 9.47 Å². The SMILES string of the molecule is COc1ccc(OC)c(CNC(=O)Cn2ccc3sc(C)cc3c2=O)c1. The summed E-state index contributed by atoms with van der Waals surface area (Å²) in [6.45, 7) is 2.21. The van der Waals surface area contributed by atoms with Crippen molar-refractivity contribution in [3.63, 3.8) is 0 Å². The molecule has 2 aromatic heterocycles. The smallest absolute Gasteiger partial charge is 0.259 e. The lowest BCUT2D eigenvalue weighted by Gasteiger charge is -2.12. The van der Waals surface area contributed by atoms with E-state index < -0.39 is 0 Å². The fraction of sp³-hybridized carbons (Fsp3) is 0.263. The van der Waals surface area contributed by atoms with Crippen molar-refractivity contribution in [3.8, 4) is 11.5 Å². The quantitative estimate of drug-likeness (QED) is 0.722. The average Bonchev–Trinajstić information content (AvgIpc) is 3.03. The van der Waals surface area contributed by atoms with Crippen LogP contribution in [0.4, 0.5) is 0 Å². The molecule has 0 aliphatic carbocycles. The maximum Gasteiger partial charge on any atom is 0.259 e. The van der Waals surface area contributed by atoms with E-state index in [1.165, 1.54) is 4.57 Å². The molecule has 26 heavy (non-hydrogen) atoms. The van der Waals surface area contributed by atoms with Gasteiger partial charge in [-0.3, -0.25) is 9.59 Å². The van der Waals surface area contributed by atoms with Crippen molar-refractivity contribution in [3.05, 3.63) is 57.3 Å². The Hall–Kier alpha value is -2.80. The molecule has 0 bridgehead atoms. The van der Waals surface area contributed by atoms with E-state index in [2.05, 4.69) is 5.32 Å². The van der Waals surface area contributed by atoms with Crippen LogP contribution < -0.4 is 20.3 Å². The molecule has 0 atom stereocenters. The minimum atomic E-state index is -0.247. The number of hydrogen-bond acceptors (Lipinski definition) is 5. The standard InChI is InChI=1S/C19H20N2O4S/c1-12-8-15-17(26-12)6-7-21(19(15)23)11-18(22)20-10-13-9-14(24-2)4-5-16(13)25-3/h4-9H,10-11H2,1-3H3,(H,20,22). The normalized spacial score (nSPS) is 10.7. The van der Waals surface area contributed by atoms with Crippen molar-refractivity contribution in [2.75, 3.05) is 14.2 Å². The maximum absolute atomic E-state index is 12.5. The summed E-state index contributed by atoms with van der Waals surface area (Å²) in [6, 6.07) is 9.12. The van der Waals surface area contributed by atoms with Gasteiger partial charge in [0.15, 0.2) is 0 Å². The Labute approximate surface area is 155 Å². The number of rotatable bonds is 6. The minimum Gasteiger partial charge on any atom is -0.497 e. The van der Waals surface area contributed by atoms with Crippen LogP contribution in [0, 0.1) is 6.92 Å². The highest BCUT2D eigenvalue weighted by molar-refractivity contribution is 7.18. The predicted molar refractivity (Wildman–Crippen MR) is 102 cm³/mol. The lowest BCUT2D eigenvalue weighted by molar-refractivity contribution is -0.121. The monoisotopic (exact) mass is 372 g/mol. The molecule has 0 radical (unpaired) electrons. The molecule has 0 unspecified atom stereocenters.